The fraction of sp³-hybridized carbons (Fsp3) is 0.800. The first-order chi connectivity index (χ1) is 10.1. The van der Waals surface area contributed by atoms with Gasteiger partial charge in [-0.25, -0.2) is 5.43 Å². The molecular weight excluding hydrogens is 330 g/mol. The van der Waals surface area contributed by atoms with Crippen LogP contribution in [0.2, 0.25) is 0 Å². The summed E-state index contributed by atoms with van der Waals surface area (Å²) in [4.78, 5) is 2.58. The van der Waals surface area contributed by atoms with Crippen molar-refractivity contribution in [2.75, 3.05) is 13.1 Å². The second-order valence-electron chi connectivity index (χ2n) is 6.11. The van der Waals surface area contributed by atoms with E-state index in [4.69, 9.17) is 5.84 Å². The molecule has 0 spiro atoms. The minimum Gasteiger partial charge on any atom is -0.296 e. The molecule has 1 fully saturated rings. The Morgan fingerprint density at radius 1 is 1.43 bits per heavy atom. The molecule has 1 saturated heterocycles. The van der Waals surface area contributed by atoms with Crippen molar-refractivity contribution in [2.45, 2.75) is 64.6 Å². The molecule has 2 rings (SSSR count). The molecule has 0 aromatic carbocycles. The van der Waals surface area contributed by atoms with Gasteiger partial charge in [-0.05, 0) is 61.6 Å². The highest BCUT2D eigenvalue weighted by Gasteiger charge is 2.42. The zero-order chi connectivity index (χ0) is 15.5. The molecule has 6 heteroatoms. The molecule has 0 radical (unpaired) electrons. The van der Waals surface area contributed by atoms with Crippen LogP contribution in [0.4, 0.5) is 0 Å². The first-order valence-corrected chi connectivity index (χ1v) is 8.80. The van der Waals surface area contributed by atoms with Gasteiger partial charge >= 0.3 is 0 Å². The summed E-state index contributed by atoms with van der Waals surface area (Å²) < 4.78 is 3.12. The lowest BCUT2D eigenvalue weighted by Gasteiger charge is -2.44. The molecule has 0 saturated carbocycles. The van der Waals surface area contributed by atoms with Crippen molar-refractivity contribution in [3.8, 4) is 0 Å². The highest BCUT2D eigenvalue weighted by Crippen LogP contribution is 2.38. The monoisotopic (exact) mass is 357 g/mol. The number of hydrazine groups is 1. The number of nitrogens with one attached hydrogen (secondary N) is 1. The Labute approximate surface area is 136 Å². The second-order valence-corrected chi connectivity index (χ2v) is 6.96. The molecular formula is C15H28BrN5. The summed E-state index contributed by atoms with van der Waals surface area (Å²) in [5.41, 5.74) is 4.24. The molecule has 1 aromatic heterocycles. The third-order valence-corrected chi connectivity index (χ3v) is 5.49. The van der Waals surface area contributed by atoms with Crippen LogP contribution in [-0.4, -0.2) is 33.3 Å². The van der Waals surface area contributed by atoms with Gasteiger partial charge in [-0.1, -0.05) is 13.8 Å². The minimum atomic E-state index is -0.000700. The highest BCUT2D eigenvalue weighted by atomic mass is 79.9. The zero-order valence-corrected chi connectivity index (χ0v) is 15.0. The van der Waals surface area contributed by atoms with Crippen molar-refractivity contribution < 1.29 is 0 Å². The Kier molecular flexibility index (Phi) is 5.82. The lowest BCUT2D eigenvalue weighted by atomic mass is 9.85. The first-order valence-electron chi connectivity index (χ1n) is 8.00. The van der Waals surface area contributed by atoms with E-state index in [0.717, 1.165) is 42.6 Å². The van der Waals surface area contributed by atoms with Crippen LogP contribution in [0.15, 0.2) is 10.7 Å². The summed E-state index contributed by atoms with van der Waals surface area (Å²) in [7, 11) is 0. The smallest absolute Gasteiger partial charge is 0.0821 e. The normalized spacial score (nSPS) is 20.6. The summed E-state index contributed by atoms with van der Waals surface area (Å²) in [5, 5.41) is 4.50. The first kappa shape index (κ1) is 16.9. The van der Waals surface area contributed by atoms with Crippen molar-refractivity contribution in [3.05, 3.63) is 16.4 Å². The van der Waals surface area contributed by atoms with E-state index in [1.165, 1.54) is 12.8 Å². The SMILES string of the molecule is CCCn1ncc(Br)c1C(NN)C(C)(CC)N1CCCC1. The van der Waals surface area contributed by atoms with Crippen molar-refractivity contribution >= 4 is 15.9 Å². The lowest BCUT2D eigenvalue weighted by Crippen LogP contribution is -2.55. The van der Waals surface area contributed by atoms with Gasteiger partial charge in [0.25, 0.3) is 0 Å². The van der Waals surface area contributed by atoms with Crippen LogP contribution in [0.1, 0.15) is 58.2 Å². The largest absolute Gasteiger partial charge is 0.296 e. The predicted octanol–water partition coefficient (Wildman–Crippen LogP) is 2.82. The van der Waals surface area contributed by atoms with Crippen LogP contribution in [0.3, 0.4) is 0 Å². The van der Waals surface area contributed by atoms with Crippen LogP contribution in [0, 0.1) is 0 Å². The van der Waals surface area contributed by atoms with Crippen molar-refractivity contribution in [3.63, 3.8) is 0 Å². The molecule has 21 heavy (non-hydrogen) atoms. The molecule has 0 bridgehead atoms. The Morgan fingerprint density at radius 2 is 2.10 bits per heavy atom. The Morgan fingerprint density at radius 3 is 2.62 bits per heavy atom. The van der Waals surface area contributed by atoms with Gasteiger partial charge in [0.1, 0.15) is 0 Å². The number of rotatable bonds is 7. The molecule has 1 aliphatic rings. The average molecular weight is 358 g/mol. The molecule has 2 heterocycles. The van der Waals surface area contributed by atoms with Crippen LogP contribution < -0.4 is 11.3 Å². The standard InChI is InChI=1S/C15H28BrN5/c1-4-8-21-13(12(16)11-18-21)14(19-17)15(3,5-2)20-9-6-7-10-20/h11,14,19H,4-10,17H2,1-3H3. The number of aromatic nitrogens is 2. The third kappa shape index (κ3) is 3.18. The van der Waals surface area contributed by atoms with E-state index in [9.17, 15) is 0 Å². The summed E-state index contributed by atoms with van der Waals surface area (Å²) in [6.45, 7) is 9.96. The number of nitrogens with two attached hydrogens (primary N) is 1. The van der Waals surface area contributed by atoms with Crippen LogP contribution >= 0.6 is 15.9 Å². The third-order valence-electron chi connectivity index (χ3n) is 4.87. The number of nitrogens with zero attached hydrogens (tertiary/aromatic N) is 3. The molecule has 2 atom stereocenters. The van der Waals surface area contributed by atoms with Gasteiger partial charge in [0, 0.05) is 12.1 Å². The van der Waals surface area contributed by atoms with Crippen molar-refractivity contribution in [1.29, 1.82) is 0 Å². The predicted molar refractivity (Wildman–Crippen MR) is 89.8 cm³/mol. The van der Waals surface area contributed by atoms with Crippen LogP contribution in [-0.2, 0) is 6.54 Å². The van der Waals surface area contributed by atoms with E-state index < -0.39 is 0 Å². The van der Waals surface area contributed by atoms with Gasteiger partial charge in [-0.3, -0.25) is 15.4 Å². The van der Waals surface area contributed by atoms with E-state index in [2.05, 4.69) is 56.8 Å². The maximum Gasteiger partial charge on any atom is 0.0821 e. The fourth-order valence-electron chi connectivity index (χ4n) is 3.44. The van der Waals surface area contributed by atoms with Gasteiger partial charge in [0.15, 0.2) is 0 Å². The van der Waals surface area contributed by atoms with Crippen LogP contribution in [0.25, 0.3) is 0 Å². The average Bonchev–Trinajstić information content (AvgIpc) is 3.13. The maximum atomic E-state index is 5.99. The fourth-order valence-corrected chi connectivity index (χ4v) is 3.97. The number of halogens is 1. The highest BCUT2D eigenvalue weighted by molar-refractivity contribution is 9.10. The lowest BCUT2D eigenvalue weighted by molar-refractivity contribution is 0.0798. The number of hydrogen-bond acceptors (Lipinski definition) is 4. The maximum absolute atomic E-state index is 5.99. The molecule has 0 amide bonds. The van der Waals surface area contributed by atoms with Gasteiger partial charge in [-0.15, -0.1) is 0 Å². The molecule has 3 N–H and O–H groups in total. The second kappa shape index (κ2) is 7.22. The summed E-state index contributed by atoms with van der Waals surface area (Å²) >= 11 is 3.66. The molecule has 1 aliphatic heterocycles. The summed E-state index contributed by atoms with van der Waals surface area (Å²) in [6, 6.07) is 0.0593. The molecule has 0 aliphatic carbocycles. The van der Waals surface area contributed by atoms with Gasteiger partial charge in [0.05, 0.1) is 22.4 Å². The Balaban J connectivity index is 2.39. The minimum absolute atomic E-state index is 0.000700. The van der Waals surface area contributed by atoms with E-state index in [1.54, 1.807) is 0 Å². The van der Waals surface area contributed by atoms with E-state index >= 15 is 0 Å². The van der Waals surface area contributed by atoms with Gasteiger partial charge in [-0.2, -0.15) is 5.10 Å². The number of hydrogen-bond donors (Lipinski definition) is 2. The quantitative estimate of drug-likeness (QED) is 0.581. The van der Waals surface area contributed by atoms with E-state index in [0.29, 0.717) is 0 Å². The topological polar surface area (TPSA) is 59.1 Å². The van der Waals surface area contributed by atoms with Crippen molar-refractivity contribution in [1.82, 2.24) is 20.1 Å². The molecule has 5 nitrogen and oxygen atoms in total. The van der Waals surface area contributed by atoms with Crippen LogP contribution in [0.5, 0.6) is 0 Å². The number of aryl methyl sites for hydroxylation is 1. The van der Waals surface area contributed by atoms with E-state index in [1.807, 2.05) is 6.20 Å². The van der Waals surface area contributed by atoms with E-state index in [-0.39, 0.29) is 11.6 Å². The summed E-state index contributed by atoms with van der Waals surface area (Å²) in [5.74, 6) is 5.99. The van der Waals surface area contributed by atoms with Crippen molar-refractivity contribution in [2.24, 2.45) is 5.84 Å². The Hall–Kier alpha value is -0.430. The zero-order valence-electron chi connectivity index (χ0n) is 13.4. The van der Waals surface area contributed by atoms with Gasteiger partial charge in [0.2, 0.25) is 0 Å². The molecule has 2 unspecified atom stereocenters. The van der Waals surface area contributed by atoms with Gasteiger partial charge < -0.3 is 0 Å². The molecule has 120 valence electrons. The number of likely N-dealkylation sites (tertiary alicyclic amines) is 1. The Bertz CT molecular complexity index is 455. The molecule has 1 aromatic rings. The summed E-state index contributed by atoms with van der Waals surface area (Å²) in [6.07, 6.45) is 6.55.